The highest BCUT2D eigenvalue weighted by Crippen LogP contribution is 2.55. The Morgan fingerprint density at radius 3 is 2.71 bits per heavy atom. The molecular formula is C27H33NO6. The second kappa shape index (κ2) is 8.59. The first-order valence-corrected chi connectivity index (χ1v) is 12.8. The lowest BCUT2D eigenvalue weighted by Gasteiger charge is -2.39. The van der Waals surface area contributed by atoms with Crippen molar-refractivity contribution in [3.8, 4) is 11.5 Å². The number of methoxy groups -OCH3 is 1. The minimum Gasteiger partial charge on any atom is -0.497 e. The van der Waals surface area contributed by atoms with Gasteiger partial charge >= 0.3 is 5.97 Å². The Kier molecular flexibility index (Phi) is 5.55. The average molecular weight is 468 g/mol. The maximum atomic E-state index is 13.0. The van der Waals surface area contributed by atoms with Crippen molar-refractivity contribution in [3.63, 3.8) is 0 Å². The number of ketones is 1. The first-order chi connectivity index (χ1) is 16.6. The van der Waals surface area contributed by atoms with Gasteiger partial charge in [0.25, 0.3) is 0 Å². The van der Waals surface area contributed by atoms with Crippen molar-refractivity contribution in [2.75, 3.05) is 27.0 Å². The van der Waals surface area contributed by atoms with Gasteiger partial charge in [-0.1, -0.05) is 25.7 Å². The summed E-state index contributed by atoms with van der Waals surface area (Å²) in [7, 11) is 1.62. The van der Waals surface area contributed by atoms with Gasteiger partial charge in [0.1, 0.15) is 5.76 Å². The minimum absolute atomic E-state index is 0.150. The van der Waals surface area contributed by atoms with Crippen molar-refractivity contribution in [3.05, 3.63) is 35.1 Å². The van der Waals surface area contributed by atoms with Crippen LogP contribution in [0.15, 0.2) is 24.0 Å². The SMILES string of the molecule is COC1=C[C@]23CCCN2CCc2cc4c(cc2[C@@H]3[C@@H]1OC(=O)C(=O)CCC1CCCC1)OCO4. The molecule has 1 aromatic rings. The topological polar surface area (TPSA) is 74.3 Å². The number of Topliss-reactive ketones (excluding diaryl/α,β-unsaturated/α-hetero) is 1. The van der Waals surface area contributed by atoms with Crippen molar-refractivity contribution < 1.29 is 28.5 Å². The molecule has 34 heavy (non-hydrogen) atoms. The number of rotatable bonds is 6. The van der Waals surface area contributed by atoms with E-state index in [1.54, 1.807) is 7.11 Å². The second-order valence-electron chi connectivity index (χ2n) is 10.4. The number of ether oxygens (including phenoxy) is 4. The molecule has 7 nitrogen and oxygen atoms in total. The predicted molar refractivity (Wildman–Crippen MR) is 124 cm³/mol. The van der Waals surface area contributed by atoms with Gasteiger partial charge in [0.15, 0.2) is 17.6 Å². The zero-order valence-corrected chi connectivity index (χ0v) is 19.8. The van der Waals surface area contributed by atoms with Crippen LogP contribution in [0.4, 0.5) is 0 Å². The van der Waals surface area contributed by atoms with Crippen molar-refractivity contribution in [2.24, 2.45) is 5.92 Å². The Morgan fingerprint density at radius 2 is 1.91 bits per heavy atom. The van der Waals surface area contributed by atoms with Gasteiger partial charge in [0, 0.05) is 13.0 Å². The minimum atomic E-state index is -0.737. The van der Waals surface area contributed by atoms with Crippen LogP contribution < -0.4 is 9.47 Å². The molecule has 0 unspecified atom stereocenters. The fourth-order valence-electron chi connectivity index (χ4n) is 7.01. The van der Waals surface area contributed by atoms with E-state index in [0.717, 1.165) is 68.7 Å². The van der Waals surface area contributed by atoms with Gasteiger partial charge in [0.05, 0.1) is 18.6 Å². The van der Waals surface area contributed by atoms with Gasteiger partial charge in [-0.15, -0.1) is 0 Å². The summed E-state index contributed by atoms with van der Waals surface area (Å²) >= 11 is 0. The number of fused-ring (bicyclic) bond motifs is 3. The van der Waals surface area contributed by atoms with Crippen LogP contribution in [0.25, 0.3) is 0 Å². The second-order valence-corrected chi connectivity index (χ2v) is 10.4. The summed E-state index contributed by atoms with van der Waals surface area (Å²) in [5.74, 6) is 1.38. The summed E-state index contributed by atoms with van der Waals surface area (Å²) < 4.78 is 23.1. The molecule has 182 valence electrons. The highest BCUT2D eigenvalue weighted by atomic mass is 16.7. The Labute approximate surface area is 200 Å². The van der Waals surface area contributed by atoms with E-state index >= 15 is 0 Å². The molecule has 1 saturated heterocycles. The lowest BCUT2D eigenvalue weighted by molar-refractivity contribution is -0.159. The average Bonchev–Trinajstić information content (AvgIpc) is 3.63. The smallest absolute Gasteiger partial charge is 0.375 e. The van der Waals surface area contributed by atoms with Gasteiger partial charge in [0.2, 0.25) is 12.6 Å². The molecular weight excluding hydrogens is 434 g/mol. The van der Waals surface area contributed by atoms with E-state index in [-0.39, 0.29) is 24.7 Å². The van der Waals surface area contributed by atoms with Crippen molar-refractivity contribution in [1.29, 1.82) is 0 Å². The molecule has 0 radical (unpaired) electrons. The van der Waals surface area contributed by atoms with E-state index in [0.29, 0.717) is 11.7 Å². The number of benzene rings is 1. The fourth-order valence-corrected chi connectivity index (χ4v) is 7.01. The molecule has 1 spiro atoms. The van der Waals surface area contributed by atoms with Crippen LogP contribution >= 0.6 is 0 Å². The number of hydrogen-bond acceptors (Lipinski definition) is 7. The van der Waals surface area contributed by atoms with Crippen LogP contribution in [-0.2, 0) is 25.5 Å². The molecule has 0 aromatic heterocycles. The van der Waals surface area contributed by atoms with Crippen LogP contribution in [-0.4, -0.2) is 55.3 Å². The van der Waals surface area contributed by atoms with Crippen LogP contribution in [0, 0.1) is 5.92 Å². The summed E-state index contributed by atoms with van der Waals surface area (Å²) in [6.45, 7) is 2.12. The summed E-state index contributed by atoms with van der Waals surface area (Å²) in [6, 6.07) is 4.13. The van der Waals surface area contributed by atoms with Crippen LogP contribution in [0.5, 0.6) is 11.5 Å². The Hall–Kier alpha value is -2.54. The Balaban J connectivity index is 1.31. The van der Waals surface area contributed by atoms with E-state index in [1.807, 2.05) is 0 Å². The lowest BCUT2D eigenvalue weighted by atomic mass is 9.77. The Bertz CT molecular complexity index is 1030. The molecule has 3 atom stereocenters. The summed E-state index contributed by atoms with van der Waals surface area (Å²) in [5, 5.41) is 0. The number of nitrogens with zero attached hydrogens (tertiary/aromatic N) is 1. The summed E-state index contributed by atoms with van der Waals surface area (Å²) in [5.41, 5.74) is 2.00. The van der Waals surface area contributed by atoms with Gasteiger partial charge in [-0.2, -0.15) is 0 Å². The number of carbonyl (C=O) groups is 2. The summed E-state index contributed by atoms with van der Waals surface area (Å²) in [6.07, 6.45) is 10.3. The molecule has 0 N–H and O–H groups in total. The maximum Gasteiger partial charge on any atom is 0.375 e. The molecule has 3 aliphatic heterocycles. The molecule has 2 fully saturated rings. The molecule has 1 aromatic carbocycles. The maximum absolute atomic E-state index is 13.0. The van der Waals surface area contributed by atoms with Gasteiger partial charge in [-0.3, -0.25) is 9.69 Å². The quantitative estimate of drug-likeness (QED) is 0.464. The van der Waals surface area contributed by atoms with Gasteiger partial charge in [-0.05, 0) is 67.5 Å². The Morgan fingerprint density at radius 1 is 1.12 bits per heavy atom. The largest absolute Gasteiger partial charge is 0.497 e. The van der Waals surface area contributed by atoms with Crippen molar-refractivity contribution in [2.45, 2.75) is 75.3 Å². The van der Waals surface area contributed by atoms with Crippen molar-refractivity contribution >= 4 is 11.8 Å². The van der Waals surface area contributed by atoms with Gasteiger partial charge in [-0.25, -0.2) is 4.79 Å². The molecule has 1 saturated carbocycles. The third-order valence-corrected chi connectivity index (χ3v) is 8.68. The van der Waals surface area contributed by atoms with E-state index in [1.165, 1.54) is 18.4 Å². The van der Waals surface area contributed by atoms with Crippen LogP contribution in [0.2, 0.25) is 0 Å². The third-order valence-electron chi connectivity index (χ3n) is 8.68. The monoisotopic (exact) mass is 467 g/mol. The normalized spacial score (nSPS) is 29.7. The molecule has 5 aliphatic rings. The number of esters is 1. The predicted octanol–water partition coefficient (Wildman–Crippen LogP) is 3.88. The van der Waals surface area contributed by atoms with Crippen LogP contribution in [0.1, 0.15) is 68.4 Å². The molecule has 2 aliphatic carbocycles. The zero-order valence-electron chi connectivity index (χ0n) is 19.8. The molecule has 0 amide bonds. The number of carbonyl (C=O) groups excluding carboxylic acids is 2. The van der Waals surface area contributed by atoms with Crippen molar-refractivity contribution in [1.82, 2.24) is 4.90 Å². The van der Waals surface area contributed by atoms with E-state index in [2.05, 4.69) is 23.1 Å². The highest BCUT2D eigenvalue weighted by molar-refractivity contribution is 6.33. The molecule has 6 rings (SSSR count). The third kappa shape index (κ3) is 3.51. The van der Waals surface area contributed by atoms with E-state index in [4.69, 9.17) is 18.9 Å². The van der Waals surface area contributed by atoms with Crippen LogP contribution in [0.3, 0.4) is 0 Å². The first-order valence-electron chi connectivity index (χ1n) is 12.8. The number of hydrogen-bond donors (Lipinski definition) is 0. The van der Waals surface area contributed by atoms with E-state index < -0.39 is 17.9 Å². The molecule has 0 bridgehead atoms. The molecule has 3 heterocycles. The zero-order chi connectivity index (χ0) is 23.3. The van der Waals surface area contributed by atoms with Gasteiger partial charge < -0.3 is 18.9 Å². The highest BCUT2D eigenvalue weighted by Gasteiger charge is 2.58. The first kappa shape index (κ1) is 22.0. The van der Waals surface area contributed by atoms with E-state index in [9.17, 15) is 9.59 Å². The molecule has 7 heteroatoms. The standard InChI is InChI=1S/C27H33NO6/c1-31-23-15-27-10-4-11-28(27)12-9-18-13-21-22(33-16-32-21)14-19(18)24(27)25(23)34-26(30)20(29)8-7-17-5-2-3-6-17/h13-15,17,24-25H,2-12,16H2,1H3/t24-,25-,27+/m1/s1. The fraction of sp³-hybridized carbons (Fsp3) is 0.630. The summed E-state index contributed by atoms with van der Waals surface area (Å²) in [4.78, 5) is 28.3. The lowest BCUT2D eigenvalue weighted by Crippen LogP contribution is -2.47.